The first kappa shape index (κ1) is 17.9. The molecule has 0 aliphatic carbocycles. The van der Waals surface area contributed by atoms with E-state index in [1.807, 2.05) is 6.07 Å². The highest BCUT2D eigenvalue weighted by Crippen LogP contribution is 2.39. The molecule has 4 nitrogen and oxygen atoms in total. The van der Waals surface area contributed by atoms with Gasteiger partial charge in [-0.25, -0.2) is 0 Å². The summed E-state index contributed by atoms with van der Waals surface area (Å²) < 4.78 is 11.0. The van der Waals surface area contributed by atoms with E-state index in [1.54, 1.807) is 0 Å². The van der Waals surface area contributed by atoms with E-state index >= 15 is 0 Å². The number of benzene rings is 2. The number of hydrogen-bond donors (Lipinski definition) is 2. The fourth-order valence-corrected chi connectivity index (χ4v) is 3.84. The van der Waals surface area contributed by atoms with Crippen molar-refractivity contribution < 1.29 is 9.47 Å². The summed E-state index contributed by atoms with van der Waals surface area (Å²) in [5, 5.41) is 1.34. The minimum atomic E-state index is 0.301. The molecule has 2 aromatic carbocycles. The first-order valence-corrected chi connectivity index (χ1v) is 10.0. The van der Waals surface area contributed by atoms with Gasteiger partial charge in [0.25, 0.3) is 0 Å². The summed E-state index contributed by atoms with van der Waals surface area (Å²) in [5.41, 5.74) is 12.1. The van der Waals surface area contributed by atoms with E-state index in [1.165, 1.54) is 40.6 Å². The Morgan fingerprint density at radius 2 is 1.85 bits per heavy atom. The standard InChI is InChI=1S/C23H28N2O2/c1-2-3-6-16-8-10-20-19(13-16)18(7-4-5-12-24)23(25-20)17-9-11-21-22(14-17)27-15-26-21/h8-11,13-14,25H,2-7,12,15,24H2,1H3. The molecular weight excluding hydrogens is 336 g/mol. The van der Waals surface area contributed by atoms with Crippen LogP contribution in [0.4, 0.5) is 0 Å². The molecule has 0 saturated carbocycles. The molecule has 3 N–H and O–H groups in total. The van der Waals surface area contributed by atoms with Gasteiger partial charge in [0.15, 0.2) is 11.5 Å². The number of ether oxygens (including phenoxy) is 2. The molecule has 4 rings (SSSR count). The van der Waals surface area contributed by atoms with Crippen molar-refractivity contribution in [3.8, 4) is 22.8 Å². The van der Waals surface area contributed by atoms with E-state index in [2.05, 4.69) is 42.2 Å². The van der Waals surface area contributed by atoms with Gasteiger partial charge < -0.3 is 20.2 Å². The Bertz CT molecular complexity index is 930. The van der Waals surface area contributed by atoms with Crippen molar-refractivity contribution in [1.82, 2.24) is 4.98 Å². The number of aryl methyl sites for hydroxylation is 2. The molecule has 0 atom stereocenters. The fourth-order valence-electron chi connectivity index (χ4n) is 3.84. The number of nitrogens with one attached hydrogen (secondary N) is 1. The Balaban J connectivity index is 1.76. The predicted molar refractivity (Wildman–Crippen MR) is 110 cm³/mol. The van der Waals surface area contributed by atoms with Crippen LogP contribution in [0.15, 0.2) is 36.4 Å². The van der Waals surface area contributed by atoms with Crippen LogP contribution < -0.4 is 15.2 Å². The molecule has 1 aromatic heterocycles. The van der Waals surface area contributed by atoms with E-state index in [-0.39, 0.29) is 0 Å². The van der Waals surface area contributed by atoms with E-state index < -0.39 is 0 Å². The van der Waals surface area contributed by atoms with Crippen LogP contribution in [0, 0.1) is 0 Å². The molecule has 0 spiro atoms. The lowest BCUT2D eigenvalue weighted by Crippen LogP contribution is -1.99. The quantitative estimate of drug-likeness (QED) is 0.541. The predicted octanol–water partition coefficient (Wildman–Crippen LogP) is 5.19. The van der Waals surface area contributed by atoms with Gasteiger partial charge in [-0.2, -0.15) is 0 Å². The maximum atomic E-state index is 5.73. The highest BCUT2D eigenvalue weighted by molar-refractivity contribution is 5.91. The van der Waals surface area contributed by atoms with E-state index in [0.717, 1.165) is 49.3 Å². The van der Waals surface area contributed by atoms with Gasteiger partial charge in [0, 0.05) is 22.2 Å². The average molecular weight is 364 g/mol. The Labute approximate surface area is 160 Å². The Morgan fingerprint density at radius 1 is 0.963 bits per heavy atom. The molecule has 142 valence electrons. The van der Waals surface area contributed by atoms with Crippen LogP contribution in [0.25, 0.3) is 22.2 Å². The zero-order valence-electron chi connectivity index (χ0n) is 16.0. The summed E-state index contributed by atoms with van der Waals surface area (Å²) in [7, 11) is 0. The van der Waals surface area contributed by atoms with Gasteiger partial charge in [-0.15, -0.1) is 0 Å². The van der Waals surface area contributed by atoms with Crippen LogP contribution in [0.1, 0.15) is 43.7 Å². The van der Waals surface area contributed by atoms with E-state index in [4.69, 9.17) is 15.2 Å². The minimum Gasteiger partial charge on any atom is -0.454 e. The zero-order chi connectivity index (χ0) is 18.6. The van der Waals surface area contributed by atoms with E-state index in [0.29, 0.717) is 6.79 Å². The van der Waals surface area contributed by atoms with Crippen molar-refractivity contribution in [2.24, 2.45) is 5.73 Å². The molecule has 4 heteroatoms. The lowest BCUT2D eigenvalue weighted by Gasteiger charge is -2.07. The van der Waals surface area contributed by atoms with Crippen LogP contribution in [-0.4, -0.2) is 18.3 Å². The van der Waals surface area contributed by atoms with Gasteiger partial charge in [0.1, 0.15) is 0 Å². The molecule has 0 unspecified atom stereocenters. The third kappa shape index (κ3) is 3.67. The topological polar surface area (TPSA) is 60.3 Å². The van der Waals surface area contributed by atoms with Gasteiger partial charge in [-0.05, 0) is 80.1 Å². The molecule has 3 aromatic rings. The van der Waals surface area contributed by atoms with Crippen LogP contribution in [-0.2, 0) is 12.8 Å². The first-order valence-electron chi connectivity index (χ1n) is 10.0. The van der Waals surface area contributed by atoms with Crippen molar-refractivity contribution in [2.75, 3.05) is 13.3 Å². The van der Waals surface area contributed by atoms with Crippen LogP contribution in [0.5, 0.6) is 11.5 Å². The van der Waals surface area contributed by atoms with Gasteiger partial charge in [-0.3, -0.25) is 0 Å². The summed E-state index contributed by atoms with van der Waals surface area (Å²) in [6.07, 6.45) is 6.75. The SMILES string of the molecule is CCCCc1ccc2[nH]c(-c3ccc4c(c3)OCO4)c(CCCCN)c2c1. The number of hydrogen-bond acceptors (Lipinski definition) is 3. The molecule has 0 radical (unpaired) electrons. The summed E-state index contributed by atoms with van der Waals surface area (Å²) >= 11 is 0. The van der Waals surface area contributed by atoms with Crippen molar-refractivity contribution >= 4 is 10.9 Å². The van der Waals surface area contributed by atoms with Gasteiger partial charge in [0.2, 0.25) is 6.79 Å². The second-order valence-electron chi connectivity index (χ2n) is 7.28. The third-order valence-corrected chi connectivity index (χ3v) is 5.33. The Hall–Kier alpha value is -2.46. The molecule has 0 fully saturated rings. The van der Waals surface area contributed by atoms with Crippen LogP contribution >= 0.6 is 0 Å². The van der Waals surface area contributed by atoms with E-state index in [9.17, 15) is 0 Å². The van der Waals surface area contributed by atoms with Crippen LogP contribution in [0.2, 0.25) is 0 Å². The summed E-state index contributed by atoms with van der Waals surface area (Å²) in [6.45, 7) is 3.28. The minimum absolute atomic E-state index is 0.301. The molecule has 27 heavy (non-hydrogen) atoms. The molecule has 2 heterocycles. The van der Waals surface area contributed by atoms with Crippen molar-refractivity contribution in [2.45, 2.75) is 45.4 Å². The first-order chi connectivity index (χ1) is 13.3. The highest BCUT2D eigenvalue weighted by Gasteiger charge is 2.18. The monoisotopic (exact) mass is 364 g/mol. The number of unbranched alkanes of at least 4 members (excludes halogenated alkanes) is 2. The normalized spacial score (nSPS) is 12.8. The zero-order valence-corrected chi connectivity index (χ0v) is 16.0. The van der Waals surface area contributed by atoms with Crippen molar-refractivity contribution in [3.63, 3.8) is 0 Å². The number of aromatic nitrogens is 1. The molecule has 0 saturated heterocycles. The van der Waals surface area contributed by atoms with Gasteiger partial charge >= 0.3 is 0 Å². The van der Waals surface area contributed by atoms with Crippen molar-refractivity contribution in [3.05, 3.63) is 47.5 Å². The molecule has 0 amide bonds. The largest absolute Gasteiger partial charge is 0.454 e. The van der Waals surface area contributed by atoms with Gasteiger partial charge in [-0.1, -0.05) is 19.4 Å². The van der Waals surface area contributed by atoms with Crippen molar-refractivity contribution in [1.29, 1.82) is 0 Å². The second kappa shape index (κ2) is 8.05. The molecule has 0 bridgehead atoms. The molecule has 1 aliphatic rings. The van der Waals surface area contributed by atoms with Gasteiger partial charge in [0.05, 0.1) is 0 Å². The second-order valence-corrected chi connectivity index (χ2v) is 7.28. The lowest BCUT2D eigenvalue weighted by atomic mass is 9.98. The average Bonchev–Trinajstić information content (AvgIpc) is 3.30. The Kier molecular flexibility index (Phi) is 5.35. The third-order valence-electron chi connectivity index (χ3n) is 5.33. The smallest absolute Gasteiger partial charge is 0.231 e. The maximum Gasteiger partial charge on any atom is 0.231 e. The fraction of sp³-hybridized carbons (Fsp3) is 0.391. The maximum absolute atomic E-state index is 5.73. The number of nitrogens with two attached hydrogens (primary N) is 1. The highest BCUT2D eigenvalue weighted by atomic mass is 16.7. The summed E-state index contributed by atoms with van der Waals surface area (Å²) in [6, 6.07) is 13.0. The number of aromatic amines is 1. The summed E-state index contributed by atoms with van der Waals surface area (Å²) in [5.74, 6) is 1.64. The summed E-state index contributed by atoms with van der Waals surface area (Å²) in [4.78, 5) is 3.65. The molecule has 1 aliphatic heterocycles. The Morgan fingerprint density at radius 3 is 2.70 bits per heavy atom. The number of fused-ring (bicyclic) bond motifs is 2. The van der Waals surface area contributed by atoms with Crippen LogP contribution in [0.3, 0.4) is 0 Å². The molecular formula is C23H28N2O2. The lowest BCUT2D eigenvalue weighted by molar-refractivity contribution is 0.174. The number of rotatable bonds is 8. The number of H-pyrrole nitrogens is 1.